The van der Waals surface area contributed by atoms with Crippen molar-refractivity contribution < 1.29 is 9.53 Å². The SMILES string of the molecule is COC(=O)CCC1CC1c1ccc(Br)cn1. The van der Waals surface area contributed by atoms with E-state index in [2.05, 4.69) is 25.7 Å². The van der Waals surface area contributed by atoms with E-state index in [9.17, 15) is 4.79 Å². The number of hydrogen-bond donors (Lipinski definition) is 0. The molecule has 0 radical (unpaired) electrons. The van der Waals surface area contributed by atoms with Gasteiger partial charge in [-0.15, -0.1) is 0 Å². The number of rotatable bonds is 4. The van der Waals surface area contributed by atoms with Gasteiger partial charge in [-0.2, -0.15) is 0 Å². The smallest absolute Gasteiger partial charge is 0.305 e. The molecule has 1 aromatic rings. The molecule has 0 saturated heterocycles. The summed E-state index contributed by atoms with van der Waals surface area (Å²) in [5, 5.41) is 0. The molecule has 2 unspecified atom stereocenters. The van der Waals surface area contributed by atoms with Crippen LogP contribution in [0.2, 0.25) is 0 Å². The van der Waals surface area contributed by atoms with E-state index in [1.165, 1.54) is 7.11 Å². The maximum Gasteiger partial charge on any atom is 0.305 e. The summed E-state index contributed by atoms with van der Waals surface area (Å²) in [7, 11) is 1.43. The maximum absolute atomic E-state index is 11.0. The van der Waals surface area contributed by atoms with Gasteiger partial charge in [0, 0.05) is 28.7 Å². The highest BCUT2D eigenvalue weighted by Crippen LogP contribution is 2.49. The minimum Gasteiger partial charge on any atom is -0.469 e. The molecule has 1 fully saturated rings. The van der Waals surface area contributed by atoms with Crippen LogP contribution in [0.15, 0.2) is 22.8 Å². The minimum atomic E-state index is -0.116. The van der Waals surface area contributed by atoms with Gasteiger partial charge >= 0.3 is 5.97 Å². The fraction of sp³-hybridized carbons (Fsp3) is 0.500. The second-order valence-electron chi connectivity index (χ2n) is 4.12. The van der Waals surface area contributed by atoms with Crippen LogP contribution in [-0.4, -0.2) is 18.1 Å². The number of carbonyl (C=O) groups is 1. The number of aromatic nitrogens is 1. The Morgan fingerprint density at radius 2 is 2.44 bits per heavy atom. The van der Waals surface area contributed by atoms with E-state index in [-0.39, 0.29) is 5.97 Å². The van der Waals surface area contributed by atoms with Crippen molar-refractivity contribution in [3.63, 3.8) is 0 Å². The molecule has 16 heavy (non-hydrogen) atoms. The molecule has 0 spiro atoms. The summed E-state index contributed by atoms with van der Waals surface area (Å²) in [5.41, 5.74) is 1.14. The van der Waals surface area contributed by atoms with E-state index >= 15 is 0 Å². The van der Waals surface area contributed by atoms with Gasteiger partial charge in [0.05, 0.1) is 7.11 Å². The van der Waals surface area contributed by atoms with Crippen molar-refractivity contribution in [2.45, 2.75) is 25.2 Å². The lowest BCUT2D eigenvalue weighted by Crippen LogP contribution is -2.00. The van der Waals surface area contributed by atoms with E-state index < -0.39 is 0 Å². The van der Waals surface area contributed by atoms with Gasteiger partial charge in [0.1, 0.15) is 0 Å². The third-order valence-corrected chi connectivity index (χ3v) is 3.47. The van der Waals surface area contributed by atoms with Crippen LogP contribution < -0.4 is 0 Å². The highest BCUT2D eigenvalue weighted by Gasteiger charge is 2.39. The zero-order chi connectivity index (χ0) is 11.5. The number of nitrogens with zero attached hydrogens (tertiary/aromatic N) is 1. The highest BCUT2D eigenvalue weighted by atomic mass is 79.9. The predicted octanol–water partition coefficient (Wildman–Crippen LogP) is 2.90. The molecule has 1 heterocycles. The largest absolute Gasteiger partial charge is 0.469 e. The first-order valence-electron chi connectivity index (χ1n) is 5.39. The van der Waals surface area contributed by atoms with Crippen LogP contribution >= 0.6 is 15.9 Å². The molecule has 0 aliphatic heterocycles. The molecule has 3 nitrogen and oxygen atoms in total. The Morgan fingerprint density at radius 3 is 3.06 bits per heavy atom. The summed E-state index contributed by atoms with van der Waals surface area (Å²) in [5.74, 6) is 1.03. The molecular weight excluding hydrogens is 270 g/mol. The minimum absolute atomic E-state index is 0.116. The number of methoxy groups -OCH3 is 1. The molecule has 2 atom stereocenters. The van der Waals surface area contributed by atoms with E-state index in [0.717, 1.165) is 23.0 Å². The van der Waals surface area contributed by atoms with Crippen LogP contribution in [0.25, 0.3) is 0 Å². The molecule has 1 saturated carbocycles. The molecule has 0 amide bonds. The number of halogens is 1. The summed E-state index contributed by atoms with van der Waals surface area (Å²) in [4.78, 5) is 15.4. The van der Waals surface area contributed by atoms with Crippen LogP contribution in [-0.2, 0) is 9.53 Å². The number of esters is 1. The van der Waals surface area contributed by atoms with Crippen molar-refractivity contribution in [3.05, 3.63) is 28.5 Å². The predicted molar refractivity (Wildman–Crippen MR) is 64.0 cm³/mol. The van der Waals surface area contributed by atoms with Crippen LogP contribution in [0.3, 0.4) is 0 Å². The summed E-state index contributed by atoms with van der Waals surface area (Å²) < 4.78 is 5.63. The number of ether oxygens (including phenoxy) is 1. The van der Waals surface area contributed by atoms with Gasteiger partial charge in [0.15, 0.2) is 0 Å². The van der Waals surface area contributed by atoms with E-state index in [0.29, 0.717) is 18.3 Å². The maximum atomic E-state index is 11.0. The van der Waals surface area contributed by atoms with E-state index in [1.807, 2.05) is 18.3 Å². The summed E-state index contributed by atoms with van der Waals surface area (Å²) >= 11 is 3.37. The highest BCUT2D eigenvalue weighted by molar-refractivity contribution is 9.10. The summed E-state index contributed by atoms with van der Waals surface area (Å²) in [6.07, 6.45) is 4.40. The van der Waals surface area contributed by atoms with Crippen molar-refractivity contribution in [2.24, 2.45) is 5.92 Å². The lowest BCUT2D eigenvalue weighted by atomic mass is 10.1. The number of carbonyl (C=O) groups excluding carboxylic acids is 1. The molecule has 0 aromatic carbocycles. The van der Waals surface area contributed by atoms with Crippen LogP contribution in [0.4, 0.5) is 0 Å². The molecule has 4 heteroatoms. The van der Waals surface area contributed by atoms with Crippen LogP contribution in [0, 0.1) is 5.92 Å². The Labute approximate surface area is 103 Å². The molecule has 1 aliphatic rings. The van der Waals surface area contributed by atoms with Crippen molar-refractivity contribution in [2.75, 3.05) is 7.11 Å². The van der Waals surface area contributed by atoms with E-state index in [4.69, 9.17) is 0 Å². The number of pyridine rings is 1. The second kappa shape index (κ2) is 4.95. The normalized spacial score (nSPS) is 22.9. The molecule has 1 aliphatic carbocycles. The number of hydrogen-bond acceptors (Lipinski definition) is 3. The standard InChI is InChI=1S/C12H14BrNO2/c1-16-12(15)5-2-8-6-10(8)11-4-3-9(13)7-14-11/h3-4,7-8,10H,2,5-6H2,1H3. The first-order valence-corrected chi connectivity index (χ1v) is 6.18. The van der Waals surface area contributed by atoms with Crippen LogP contribution in [0.5, 0.6) is 0 Å². The molecule has 2 rings (SSSR count). The van der Waals surface area contributed by atoms with Crippen molar-refractivity contribution in [1.82, 2.24) is 4.98 Å². The van der Waals surface area contributed by atoms with E-state index in [1.54, 1.807) is 0 Å². The Balaban J connectivity index is 1.82. The van der Waals surface area contributed by atoms with Crippen molar-refractivity contribution in [3.8, 4) is 0 Å². The monoisotopic (exact) mass is 283 g/mol. The molecule has 1 aromatic heterocycles. The lowest BCUT2D eigenvalue weighted by Gasteiger charge is -2.00. The van der Waals surface area contributed by atoms with Gasteiger partial charge in [-0.3, -0.25) is 9.78 Å². The van der Waals surface area contributed by atoms with Crippen molar-refractivity contribution in [1.29, 1.82) is 0 Å². The zero-order valence-corrected chi connectivity index (χ0v) is 10.7. The average Bonchev–Trinajstić information content (AvgIpc) is 3.06. The Hall–Kier alpha value is -0.900. The molecule has 0 N–H and O–H groups in total. The molecule has 86 valence electrons. The van der Waals surface area contributed by atoms with Gasteiger partial charge in [-0.25, -0.2) is 0 Å². The topological polar surface area (TPSA) is 39.2 Å². The molecular formula is C12H14BrNO2. The Morgan fingerprint density at radius 1 is 1.62 bits per heavy atom. The summed E-state index contributed by atoms with van der Waals surface area (Å²) in [6, 6.07) is 4.06. The van der Waals surface area contributed by atoms with Crippen molar-refractivity contribution >= 4 is 21.9 Å². The fourth-order valence-corrected chi connectivity index (χ4v) is 2.18. The third kappa shape index (κ3) is 2.82. The third-order valence-electron chi connectivity index (χ3n) is 3.00. The fourth-order valence-electron chi connectivity index (χ4n) is 1.94. The van der Waals surface area contributed by atoms with Crippen LogP contribution in [0.1, 0.15) is 30.9 Å². The Bertz CT molecular complexity index is 377. The van der Waals surface area contributed by atoms with Gasteiger partial charge in [0.2, 0.25) is 0 Å². The quantitative estimate of drug-likeness (QED) is 0.798. The van der Waals surface area contributed by atoms with Gasteiger partial charge in [-0.1, -0.05) is 0 Å². The zero-order valence-electron chi connectivity index (χ0n) is 9.15. The molecule has 0 bridgehead atoms. The van der Waals surface area contributed by atoms with Gasteiger partial charge in [-0.05, 0) is 46.8 Å². The second-order valence-corrected chi connectivity index (χ2v) is 5.03. The first kappa shape index (κ1) is 11.6. The average molecular weight is 284 g/mol. The first-order chi connectivity index (χ1) is 7.70. The van der Waals surface area contributed by atoms with Gasteiger partial charge in [0.25, 0.3) is 0 Å². The van der Waals surface area contributed by atoms with Gasteiger partial charge < -0.3 is 4.74 Å². The Kier molecular flexibility index (Phi) is 3.59. The lowest BCUT2D eigenvalue weighted by molar-refractivity contribution is -0.140. The summed E-state index contributed by atoms with van der Waals surface area (Å²) in [6.45, 7) is 0.